The van der Waals surface area contributed by atoms with E-state index in [0.717, 1.165) is 17.8 Å². The predicted molar refractivity (Wildman–Crippen MR) is 86.7 cm³/mol. The molecule has 0 fully saturated rings. The number of rotatable bonds is 3. The molecule has 0 spiro atoms. The number of nitriles is 1. The van der Waals surface area contributed by atoms with Gasteiger partial charge in [0.2, 0.25) is 0 Å². The van der Waals surface area contributed by atoms with Crippen LogP contribution in [-0.4, -0.2) is 25.4 Å². The van der Waals surface area contributed by atoms with Crippen molar-refractivity contribution in [3.8, 4) is 28.7 Å². The Balaban J connectivity index is 2.18. The SMILES string of the molecule is CC(C)c1cc(-c2nccc(C(F)(F)F)n2)cc(-c2nn[nH]c2C#N)c1. The number of H-pyrrole nitrogens is 1. The van der Waals surface area contributed by atoms with Gasteiger partial charge in [0, 0.05) is 17.3 Å². The highest BCUT2D eigenvalue weighted by Crippen LogP contribution is 2.32. The van der Waals surface area contributed by atoms with E-state index in [0.29, 0.717) is 16.8 Å². The molecule has 0 aliphatic heterocycles. The van der Waals surface area contributed by atoms with Crippen LogP contribution in [-0.2, 0) is 6.18 Å². The Hall–Kier alpha value is -3.28. The van der Waals surface area contributed by atoms with Gasteiger partial charge in [0.1, 0.15) is 17.5 Å². The number of hydrogen-bond donors (Lipinski definition) is 1. The zero-order chi connectivity index (χ0) is 18.9. The van der Waals surface area contributed by atoms with Gasteiger partial charge in [-0.1, -0.05) is 19.1 Å². The van der Waals surface area contributed by atoms with Gasteiger partial charge in [0.15, 0.2) is 11.5 Å². The van der Waals surface area contributed by atoms with Crippen LogP contribution in [0, 0.1) is 11.3 Å². The van der Waals surface area contributed by atoms with Crippen molar-refractivity contribution >= 4 is 0 Å². The van der Waals surface area contributed by atoms with E-state index in [4.69, 9.17) is 5.26 Å². The van der Waals surface area contributed by atoms with Crippen molar-refractivity contribution in [2.45, 2.75) is 25.9 Å². The lowest BCUT2D eigenvalue weighted by Gasteiger charge is -2.12. The lowest BCUT2D eigenvalue weighted by molar-refractivity contribution is -0.141. The Labute approximate surface area is 146 Å². The predicted octanol–water partition coefficient (Wildman–Crippen LogP) is 3.94. The Bertz CT molecular complexity index is 985. The van der Waals surface area contributed by atoms with Crippen molar-refractivity contribution in [2.24, 2.45) is 0 Å². The molecule has 0 radical (unpaired) electrons. The van der Waals surface area contributed by atoms with Crippen molar-refractivity contribution in [3.05, 3.63) is 47.4 Å². The quantitative estimate of drug-likeness (QED) is 0.766. The highest BCUT2D eigenvalue weighted by molar-refractivity contribution is 5.72. The summed E-state index contributed by atoms with van der Waals surface area (Å²) < 4.78 is 38.8. The molecule has 9 heteroatoms. The largest absolute Gasteiger partial charge is 0.433 e. The Morgan fingerprint density at radius 3 is 2.54 bits per heavy atom. The third-order valence-electron chi connectivity index (χ3n) is 3.76. The molecule has 1 N–H and O–H groups in total. The molecule has 132 valence electrons. The fraction of sp³-hybridized carbons (Fsp3) is 0.235. The standard InChI is InChI=1S/C17H13F3N6/c1-9(2)10-5-11(15-13(8-21)24-26-25-15)7-12(6-10)16-22-4-3-14(23-16)17(18,19)20/h3-7,9H,1-2H3,(H,24,25,26). The van der Waals surface area contributed by atoms with Crippen LogP contribution in [0.15, 0.2) is 30.5 Å². The van der Waals surface area contributed by atoms with E-state index in [1.165, 1.54) is 0 Å². The molecule has 0 aliphatic rings. The number of nitrogens with zero attached hydrogens (tertiary/aromatic N) is 5. The number of aromatic amines is 1. The van der Waals surface area contributed by atoms with Crippen LogP contribution in [0.4, 0.5) is 13.2 Å². The highest BCUT2D eigenvalue weighted by Gasteiger charge is 2.33. The van der Waals surface area contributed by atoms with Crippen molar-refractivity contribution in [1.82, 2.24) is 25.4 Å². The Kier molecular flexibility index (Phi) is 4.42. The fourth-order valence-electron chi connectivity index (χ4n) is 2.41. The molecule has 3 rings (SSSR count). The zero-order valence-electron chi connectivity index (χ0n) is 13.8. The van der Waals surface area contributed by atoms with Gasteiger partial charge in [-0.25, -0.2) is 15.1 Å². The average Bonchev–Trinajstić information content (AvgIpc) is 3.09. The molecule has 26 heavy (non-hydrogen) atoms. The van der Waals surface area contributed by atoms with Crippen LogP contribution in [0.5, 0.6) is 0 Å². The third-order valence-corrected chi connectivity index (χ3v) is 3.76. The van der Waals surface area contributed by atoms with Crippen LogP contribution in [0.3, 0.4) is 0 Å². The summed E-state index contributed by atoms with van der Waals surface area (Å²) in [6.07, 6.45) is -3.49. The molecule has 0 aliphatic carbocycles. The third kappa shape index (κ3) is 3.39. The summed E-state index contributed by atoms with van der Waals surface area (Å²) in [4.78, 5) is 7.60. The van der Waals surface area contributed by atoms with E-state index < -0.39 is 11.9 Å². The molecular weight excluding hydrogens is 345 g/mol. The molecule has 2 heterocycles. The van der Waals surface area contributed by atoms with Gasteiger partial charge in [-0.05, 0) is 35.7 Å². The molecule has 0 bridgehead atoms. The lowest BCUT2D eigenvalue weighted by atomic mass is 9.95. The number of halogens is 3. The van der Waals surface area contributed by atoms with Crippen molar-refractivity contribution in [1.29, 1.82) is 5.26 Å². The van der Waals surface area contributed by atoms with Gasteiger partial charge in [-0.15, -0.1) is 5.10 Å². The summed E-state index contributed by atoms with van der Waals surface area (Å²) in [6, 6.07) is 7.92. The summed E-state index contributed by atoms with van der Waals surface area (Å²) in [5.74, 6) is 0.0440. The maximum atomic E-state index is 12.9. The van der Waals surface area contributed by atoms with Crippen LogP contribution in [0.2, 0.25) is 0 Å². The molecule has 0 atom stereocenters. The zero-order valence-corrected chi connectivity index (χ0v) is 13.8. The summed E-state index contributed by atoms with van der Waals surface area (Å²) in [5.41, 5.74) is 1.29. The molecule has 0 saturated heterocycles. The minimum atomic E-state index is -4.56. The van der Waals surface area contributed by atoms with E-state index in [-0.39, 0.29) is 17.4 Å². The number of benzene rings is 1. The van der Waals surface area contributed by atoms with Gasteiger partial charge >= 0.3 is 6.18 Å². The van der Waals surface area contributed by atoms with E-state index in [9.17, 15) is 13.2 Å². The second-order valence-corrected chi connectivity index (χ2v) is 5.91. The maximum absolute atomic E-state index is 12.9. The average molecular weight is 358 g/mol. The normalized spacial score (nSPS) is 11.6. The molecule has 6 nitrogen and oxygen atoms in total. The smallest absolute Gasteiger partial charge is 0.247 e. The van der Waals surface area contributed by atoms with Crippen LogP contribution < -0.4 is 0 Å². The van der Waals surface area contributed by atoms with Gasteiger partial charge in [0.05, 0.1) is 0 Å². The number of alkyl halides is 3. The highest BCUT2D eigenvalue weighted by atomic mass is 19.4. The Morgan fingerprint density at radius 2 is 1.88 bits per heavy atom. The number of hydrogen-bond acceptors (Lipinski definition) is 5. The minimum Gasteiger partial charge on any atom is -0.247 e. The first kappa shape index (κ1) is 17.5. The summed E-state index contributed by atoms with van der Waals surface area (Å²) in [5, 5.41) is 19.2. The molecule has 2 aromatic heterocycles. The second kappa shape index (κ2) is 6.55. The molecular formula is C17H13F3N6. The van der Waals surface area contributed by atoms with Gasteiger partial charge < -0.3 is 0 Å². The molecule has 1 aromatic carbocycles. The topological polar surface area (TPSA) is 91.1 Å². The van der Waals surface area contributed by atoms with Crippen LogP contribution in [0.1, 0.15) is 36.7 Å². The van der Waals surface area contributed by atoms with E-state index >= 15 is 0 Å². The summed E-state index contributed by atoms with van der Waals surface area (Å²) in [7, 11) is 0. The van der Waals surface area contributed by atoms with Crippen LogP contribution >= 0.6 is 0 Å². The molecule has 3 aromatic rings. The van der Waals surface area contributed by atoms with Crippen molar-refractivity contribution in [3.63, 3.8) is 0 Å². The molecule has 0 unspecified atom stereocenters. The lowest BCUT2D eigenvalue weighted by Crippen LogP contribution is -2.09. The Morgan fingerprint density at radius 1 is 1.15 bits per heavy atom. The fourth-order valence-corrected chi connectivity index (χ4v) is 2.41. The summed E-state index contributed by atoms with van der Waals surface area (Å²) in [6.45, 7) is 3.90. The van der Waals surface area contributed by atoms with Crippen molar-refractivity contribution in [2.75, 3.05) is 0 Å². The van der Waals surface area contributed by atoms with Crippen LogP contribution in [0.25, 0.3) is 22.6 Å². The van der Waals surface area contributed by atoms with E-state index in [1.807, 2.05) is 26.0 Å². The number of aromatic nitrogens is 5. The van der Waals surface area contributed by atoms with Gasteiger partial charge in [0.25, 0.3) is 0 Å². The second-order valence-electron chi connectivity index (χ2n) is 5.91. The summed E-state index contributed by atoms with van der Waals surface area (Å²) >= 11 is 0. The van der Waals surface area contributed by atoms with E-state index in [2.05, 4.69) is 25.4 Å². The van der Waals surface area contributed by atoms with Gasteiger partial charge in [-0.3, -0.25) is 0 Å². The maximum Gasteiger partial charge on any atom is 0.433 e. The van der Waals surface area contributed by atoms with Crippen molar-refractivity contribution < 1.29 is 13.2 Å². The first-order valence-electron chi connectivity index (χ1n) is 7.66. The monoisotopic (exact) mass is 358 g/mol. The minimum absolute atomic E-state index is 0.0504. The molecule has 0 amide bonds. The van der Waals surface area contributed by atoms with E-state index in [1.54, 1.807) is 12.1 Å². The first-order valence-corrected chi connectivity index (χ1v) is 7.66. The first-order chi connectivity index (χ1) is 12.3. The number of nitrogens with one attached hydrogen (secondary N) is 1. The molecule has 0 saturated carbocycles. The van der Waals surface area contributed by atoms with Gasteiger partial charge in [-0.2, -0.15) is 18.4 Å².